The van der Waals surface area contributed by atoms with E-state index < -0.39 is 4.92 Å². The Labute approximate surface area is 96.5 Å². The highest BCUT2D eigenvalue weighted by atomic mass is 127. The third-order valence-corrected chi connectivity index (χ3v) is 2.70. The van der Waals surface area contributed by atoms with Crippen LogP contribution in [0.15, 0.2) is 21.1 Å². The van der Waals surface area contributed by atoms with Gasteiger partial charge in [0.25, 0.3) is 0 Å². The Balaban J connectivity index is 2.46. The first kappa shape index (κ1) is 9.96. The van der Waals surface area contributed by atoms with Gasteiger partial charge in [-0.1, -0.05) is 5.16 Å². The van der Waals surface area contributed by atoms with E-state index in [2.05, 4.69) is 5.16 Å². The number of hydrogen-bond donors (Lipinski definition) is 1. The molecule has 0 spiro atoms. The molecule has 0 fully saturated rings. The molecule has 7 nitrogen and oxygen atoms in total. The second kappa shape index (κ2) is 3.53. The zero-order valence-corrected chi connectivity index (χ0v) is 9.29. The van der Waals surface area contributed by atoms with Gasteiger partial charge in [-0.05, 0) is 28.7 Å². The number of furan rings is 1. The van der Waals surface area contributed by atoms with Crippen molar-refractivity contribution in [3.8, 4) is 11.5 Å². The number of nitrogens with zero attached hydrogens (tertiary/aromatic N) is 2. The maximum absolute atomic E-state index is 10.4. The summed E-state index contributed by atoms with van der Waals surface area (Å²) >= 11 is 1.92. The topological polar surface area (TPSA) is 108 Å². The van der Waals surface area contributed by atoms with Gasteiger partial charge in [0.05, 0.1) is 6.07 Å². The molecule has 2 heterocycles. The van der Waals surface area contributed by atoms with Crippen molar-refractivity contribution in [2.24, 2.45) is 0 Å². The van der Waals surface area contributed by atoms with E-state index in [4.69, 9.17) is 14.7 Å². The van der Waals surface area contributed by atoms with Crippen molar-refractivity contribution in [3.63, 3.8) is 0 Å². The van der Waals surface area contributed by atoms with Crippen LogP contribution in [0.3, 0.4) is 0 Å². The first-order valence-corrected chi connectivity index (χ1v) is 4.82. The van der Waals surface area contributed by atoms with E-state index in [1.165, 1.54) is 12.1 Å². The fourth-order valence-electron chi connectivity index (χ4n) is 0.992. The number of nitro groups is 1. The summed E-state index contributed by atoms with van der Waals surface area (Å²) in [4.78, 5) is 9.75. The lowest BCUT2D eigenvalue weighted by Gasteiger charge is -1.88. The fourth-order valence-corrected chi connectivity index (χ4v) is 1.46. The first-order chi connectivity index (χ1) is 7.09. The van der Waals surface area contributed by atoms with Gasteiger partial charge >= 0.3 is 5.88 Å². The summed E-state index contributed by atoms with van der Waals surface area (Å²) in [5, 5.41) is 13.9. The van der Waals surface area contributed by atoms with Crippen LogP contribution in [0, 0.1) is 13.7 Å². The van der Waals surface area contributed by atoms with Gasteiger partial charge in [-0.3, -0.25) is 10.1 Å². The monoisotopic (exact) mass is 321 g/mol. The van der Waals surface area contributed by atoms with E-state index in [1.807, 2.05) is 22.6 Å². The molecule has 0 radical (unpaired) electrons. The number of halogens is 1. The van der Waals surface area contributed by atoms with Gasteiger partial charge in [0.1, 0.15) is 8.49 Å². The molecule has 2 aromatic rings. The van der Waals surface area contributed by atoms with Crippen molar-refractivity contribution >= 4 is 34.3 Å². The van der Waals surface area contributed by atoms with Gasteiger partial charge in [-0.25, -0.2) is 0 Å². The third kappa shape index (κ3) is 1.67. The van der Waals surface area contributed by atoms with E-state index in [1.54, 1.807) is 0 Å². The van der Waals surface area contributed by atoms with Crippen LogP contribution in [0.5, 0.6) is 0 Å². The number of hydrogen-bond acceptors (Lipinski definition) is 6. The highest BCUT2D eigenvalue weighted by Gasteiger charge is 2.20. The number of nitrogen functional groups attached to an aromatic ring is 1. The highest BCUT2D eigenvalue weighted by Crippen LogP contribution is 2.32. The molecule has 0 aliphatic rings. The van der Waals surface area contributed by atoms with E-state index in [-0.39, 0.29) is 17.5 Å². The normalized spacial score (nSPS) is 10.5. The Morgan fingerprint density at radius 2 is 2.27 bits per heavy atom. The molecule has 2 N–H and O–H groups in total. The van der Waals surface area contributed by atoms with Gasteiger partial charge < -0.3 is 14.7 Å². The van der Waals surface area contributed by atoms with Crippen LogP contribution in [0.2, 0.25) is 0 Å². The maximum atomic E-state index is 10.4. The second-order valence-electron chi connectivity index (χ2n) is 2.61. The average Bonchev–Trinajstić information content (AvgIpc) is 2.76. The predicted molar refractivity (Wildman–Crippen MR) is 58.0 cm³/mol. The summed E-state index contributed by atoms with van der Waals surface area (Å²) in [7, 11) is 0. The zero-order chi connectivity index (χ0) is 11.0. The summed E-state index contributed by atoms with van der Waals surface area (Å²) in [6.07, 6.45) is 0. The molecular formula is C7H4IN3O4. The minimum atomic E-state index is -0.629. The van der Waals surface area contributed by atoms with Crippen molar-refractivity contribution in [1.29, 1.82) is 0 Å². The Hall–Kier alpha value is -1.58. The van der Waals surface area contributed by atoms with Crippen molar-refractivity contribution in [2.45, 2.75) is 0 Å². The highest BCUT2D eigenvalue weighted by molar-refractivity contribution is 14.1. The number of rotatable bonds is 2. The van der Waals surface area contributed by atoms with E-state index in [0.717, 1.165) is 0 Å². The summed E-state index contributed by atoms with van der Waals surface area (Å²) < 4.78 is 10.4. The van der Waals surface area contributed by atoms with Crippen LogP contribution < -0.4 is 5.73 Å². The molecule has 0 aromatic carbocycles. The molecule has 2 aromatic heterocycles. The van der Waals surface area contributed by atoms with Crippen LogP contribution in [-0.4, -0.2) is 10.1 Å². The van der Waals surface area contributed by atoms with Crippen LogP contribution in [-0.2, 0) is 0 Å². The quantitative estimate of drug-likeness (QED) is 0.515. The Kier molecular flexibility index (Phi) is 2.34. The van der Waals surface area contributed by atoms with Crippen molar-refractivity contribution < 1.29 is 13.9 Å². The Morgan fingerprint density at radius 1 is 1.53 bits per heavy atom. The summed E-state index contributed by atoms with van der Waals surface area (Å²) in [5.74, 6) is 0.400. The molecule has 0 amide bonds. The molecule has 0 saturated heterocycles. The lowest BCUT2D eigenvalue weighted by molar-refractivity contribution is -0.401. The first-order valence-electron chi connectivity index (χ1n) is 3.75. The van der Waals surface area contributed by atoms with E-state index in [0.29, 0.717) is 9.33 Å². The second-order valence-corrected chi connectivity index (χ2v) is 3.68. The summed E-state index contributed by atoms with van der Waals surface area (Å²) in [6, 6.07) is 2.67. The molecule has 0 bridgehead atoms. The molecule has 15 heavy (non-hydrogen) atoms. The van der Waals surface area contributed by atoms with Gasteiger partial charge in [-0.2, -0.15) is 0 Å². The molecular weight excluding hydrogens is 317 g/mol. The molecule has 0 unspecified atom stereocenters. The van der Waals surface area contributed by atoms with Crippen LogP contribution in [0.4, 0.5) is 11.7 Å². The average molecular weight is 321 g/mol. The van der Waals surface area contributed by atoms with Crippen molar-refractivity contribution in [1.82, 2.24) is 5.16 Å². The number of anilines is 1. The van der Waals surface area contributed by atoms with Gasteiger partial charge in [0.2, 0.25) is 5.76 Å². The van der Waals surface area contributed by atoms with E-state index in [9.17, 15) is 10.1 Å². The standard InChI is InChI=1S/C7H4IN3O4/c8-5-6(15-10-7(5)9)3-1-2-4(14-3)11(12)13/h1-2H,(H2,9,10). The molecule has 0 saturated carbocycles. The molecule has 0 atom stereocenters. The summed E-state index contributed by atoms with van der Waals surface area (Å²) in [5.41, 5.74) is 5.46. The number of aromatic nitrogens is 1. The van der Waals surface area contributed by atoms with Crippen LogP contribution in [0.25, 0.3) is 11.5 Å². The predicted octanol–water partition coefficient (Wildman–Crippen LogP) is 2.03. The molecule has 0 aliphatic carbocycles. The van der Waals surface area contributed by atoms with Gasteiger partial charge in [0, 0.05) is 0 Å². The fraction of sp³-hybridized carbons (Fsp3) is 0. The molecule has 0 aliphatic heterocycles. The Morgan fingerprint density at radius 3 is 2.73 bits per heavy atom. The van der Waals surface area contributed by atoms with Crippen LogP contribution >= 0.6 is 22.6 Å². The van der Waals surface area contributed by atoms with E-state index >= 15 is 0 Å². The van der Waals surface area contributed by atoms with Crippen molar-refractivity contribution in [3.05, 3.63) is 25.8 Å². The SMILES string of the molecule is Nc1noc(-c2ccc([N+](=O)[O-])o2)c1I. The Bertz CT molecular complexity index is 518. The van der Waals surface area contributed by atoms with Crippen molar-refractivity contribution in [2.75, 3.05) is 5.73 Å². The molecule has 8 heteroatoms. The number of nitrogens with two attached hydrogens (primary N) is 1. The molecule has 78 valence electrons. The largest absolute Gasteiger partial charge is 0.433 e. The minimum absolute atomic E-state index is 0.227. The lowest BCUT2D eigenvalue weighted by atomic mass is 10.3. The lowest BCUT2D eigenvalue weighted by Crippen LogP contribution is -1.85. The third-order valence-electron chi connectivity index (χ3n) is 1.66. The zero-order valence-electron chi connectivity index (χ0n) is 7.14. The van der Waals surface area contributed by atoms with Gasteiger partial charge in [-0.15, -0.1) is 0 Å². The molecule has 2 rings (SSSR count). The summed E-state index contributed by atoms with van der Waals surface area (Å²) in [6.45, 7) is 0. The van der Waals surface area contributed by atoms with Crippen LogP contribution in [0.1, 0.15) is 0 Å². The smallest absolute Gasteiger partial charge is 0.397 e. The maximum Gasteiger partial charge on any atom is 0.433 e. The minimum Gasteiger partial charge on any atom is -0.397 e. The van der Waals surface area contributed by atoms with Gasteiger partial charge in [0.15, 0.2) is 11.6 Å².